The summed E-state index contributed by atoms with van der Waals surface area (Å²) in [6, 6.07) is 0. The first-order chi connectivity index (χ1) is 5.27. The van der Waals surface area contributed by atoms with Gasteiger partial charge in [-0.15, -0.1) is 0 Å². The lowest BCUT2D eigenvalue weighted by Crippen LogP contribution is -2.08. The lowest BCUT2D eigenvalue weighted by molar-refractivity contribution is 1.11. The summed E-state index contributed by atoms with van der Waals surface area (Å²) >= 11 is 0. The molecule has 2 rings (SSSR count). The van der Waals surface area contributed by atoms with Gasteiger partial charge < -0.3 is 11.5 Å². The first-order valence-electron chi connectivity index (χ1n) is 3.36. The third kappa shape index (κ3) is 0.832. The van der Waals surface area contributed by atoms with E-state index in [0.717, 1.165) is 23.5 Å². The van der Waals surface area contributed by atoms with Crippen molar-refractivity contribution in [2.75, 3.05) is 0 Å². The Kier molecular flexibility index (Phi) is 1.09. The predicted octanol–water partition coefficient (Wildman–Crippen LogP) is -0.114. The van der Waals surface area contributed by atoms with Gasteiger partial charge in [-0.1, -0.05) is 6.08 Å². The number of hydrogen-bond donors (Lipinski definition) is 2. The molecule has 0 spiro atoms. The molecule has 0 saturated carbocycles. The van der Waals surface area contributed by atoms with E-state index in [-0.39, 0.29) is 0 Å². The van der Waals surface area contributed by atoms with Crippen LogP contribution in [0.3, 0.4) is 0 Å². The minimum absolute atomic E-state index is 0.296. The molecule has 0 amide bonds. The summed E-state index contributed by atoms with van der Waals surface area (Å²) in [5, 5.41) is 0. The quantitative estimate of drug-likeness (QED) is 0.502. The standard InChI is InChI=1S/C7H8N4/c8-4-2-1-3-5-6(4)11-7(9)10-5/h1,3H,2,8H2,(H2,9,11). The molecule has 0 aromatic carbocycles. The second-order valence-corrected chi connectivity index (χ2v) is 2.45. The maximum atomic E-state index is 5.67. The minimum Gasteiger partial charge on any atom is -0.400 e. The molecule has 4 heteroatoms. The third-order valence-electron chi connectivity index (χ3n) is 1.62. The average molecular weight is 148 g/mol. The molecule has 0 radical (unpaired) electrons. The predicted molar refractivity (Wildman–Crippen MR) is 44.0 cm³/mol. The Bertz CT molecular complexity index is 319. The van der Waals surface area contributed by atoms with Crippen LogP contribution in [0.15, 0.2) is 33.5 Å². The highest BCUT2D eigenvalue weighted by Crippen LogP contribution is 2.18. The maximum absolute atomic E-state index is 5.67. The van der Waals surface area contributed by atoms with Crippen LogP contribution in [0.5, 0.6) is 0 Å². The van der Waals surface area contributed by atoms with Crippen LogP contribution in [-0.2, 0) is 0 Å². The van der Waals surface area contributed by atoms with Crippen molar-refractivity contribution in [1.82, 2.24) is 0 Å². The summed E-state index contributed by atoms with van der Waals surface area (Å²) in [5.74, 6) is 0.296. The Hall–Kier alpha value is -1.58. The van der Waals surface area contributed by atoms with E-state index in [1.165, 1.54) is 0 Å². The van der Waals surface area contributed by atoms with Crippen molar-refractivity contribution in [3.05, 3.63) is 23.5 Å². The molecular weight excluding hydrogens is 140 g/mol. The van der Waals surface area contributed by atoms with E-state index >= 15 is 0 Å². The number of nitrogens with two attached hydrogens (primary N) is 2. The van der Waals surface area contributed by atoms with E-state index in [2.05, 4.69) is 9.98 Å². The van der Waals surface area contributed by atoms with Gasteiger partial charge in [-0.2, -0.15) is 0 Å². The number of fused-ring (bicyclic) bond motifs is 1. The van der Waals surface area contributed by atoms with Crippen LogP contribution < -0.4 is 11.5 Å². The van der Waals surface area contributed by atoms with E-state index in [1.807, 2.05) is 12.2 Å². The van der Waals surface area contributed by atoms with Crippen molar-refractivity contribution < 1.29 is 0 Å². The van der Waals surface area contributed by atoms with Crippen LogP contribution >= 0.6 is 0 Å². The van der Waals surface area contributed by atoms with Gasteiger partial charge in [0.15, 0.2) is 0 Å². The van der Waals surface area contributed by atoms with Gasteiger partial charge in [0.25, 0.3) is 0 Å². The number of aliphatic imine (C=N–C) groups is 2. The van der Waals surface area contributed by atoms with Gasteiger partial charge >= 0.3 is 0 Å². The Balaban J connectivity index is 2.52. The highest BCUT2D eigenvalue weighted by atomic mass is 15.1. The van der Waals surface area contributed by atoms with E-state index in [4.69, 9.17) is 11.5 Å². The number of hydrogen-bond acceptors (Lipinski definition) is 4. The van der Waals surface area contributed by atoms with Gasteiger partial charge in [0.2, 0.25) is 5.96 Å². The lowest BCUT2D eigenvalue weighted by Gasteiger charge is -2.05. The second kappa shape index (κ2) is 1.95. The molecule has 11 heavy (non-hydrogen) atoms. The van der Waals surface area contributed by atoms with Crippen molar-refractivity contribution in [2.45, 2.75) is 6.42 Å². The molecule has 2 aliphatic rings. The van der Waals surface area contributed by atoms with Crippen LogP contribution in [0, 0.1) is 0 Å². The first kappa shape index (κ1) is 6.15. The molecule has 4 N–H and O–H groups in total. The van der Waals surface area contributed by atoms with Crippen molar-refractivity contribution in [3.63, 3.8) is 0 Å². The monoisotopic (exact) mass is 148 g/mol. The Labute approximate surface area is 64.0 Å². The largest absolute Gasteiger partial charge is 0.400 e. The zero-order valence-corrected chi connectivity index (χ0v) is 5.91. The van der Waals surface area contributed by atoms with Crippen LogP contribution in [0.2, 0.25) is 0 Å². The number of allylic oxidation sites excluding steroid dienone is 2. The zero-order chi connectivity index (χ0) is 7.84. The highest BCUT2D eigenvalue weighted by Gasteiger charge is 2.17. The molecular formula is C7H8N4. The fraction of sp³-hybridized carbons (Fsp3) is 0.143. The Morgan fingerprint density at radius 3 is 2.82 bits per heavy atom. The SMILES string of the molecule is NC1=NC2=C(N)CC=CC2=N1. The number of nitrogens with zero attached hydrogens (tertiary/aromatic N) is 2. The molecule has 1 aliphatic heterocycles. The van der Waals surface area contributed by atoms with E-state index in [9.17, 15) is 0 Å². The summed E-state index contributed by atoms with van der Waals surface area (Å²) in [6.07, 6.45) is 4.58. The minimum atomic E-state index is 0.296. The molecule has 4 nitrogen and oxygen atoms in total. The Morgan fingerprint density at radius 2 is 2.09 bits per heavy atom. The molecule has 0 bridgehead atoms. The summed E-state index contributed by atoms with van der Waals surface area (Å²) < 4.78 is 0. The number of rotatable bonds is 0. The molecule has 0 unspecified atom stereocenters. The molecule has 0 saturated heterocycles. The fourth-order valence-corrected chi connectivity index (χ4v) is 1.12. The van der Waals surface area contributed by atoms with Crippen molar-refractivity contribution >= 4 is 11.7 Å². The van der Waals surface area contributed by atoms with E-state index < -0.39 is 0 Å². The van der Waals surface area contributed by atoms with Crippen LogP contribution in [0.1, 0.15) is 6.42 Å². The van der Waals surface area contributed by atoms with Gasteiger partial charge in [-0.05, 0) is 6.08 Å². The van der Waals surface area contributed by atoms with E-state index in [1.54, 1.807) is 0 Å². The summed E-state index contributed by atoms with van der Waals surface area (Å²) in [5.41, 5.74) is 13.3. The summed E-state index contributed by atoms with van der Waals surface area (Å²) in [7, 11) is 0. The molecule has 0 fully saturated rings. The zero-order valence-electron chi connectivity index (χ0n) is 5.91. The molecule has 0 aromatic heterocycles. The topological polar surface area (TPSA) is 76.8 Å². The maximum Gasteiger partial charge on any atom is 0.221 e. The van der Waals surface area contributed by atoms with Crippen LogP contribution in [-0.4, -0.2) is 11.7 Å². The lowest BCUT2D eigenvalue weighted by atomic mass is 10.1. The highest BCUT2D eigenvalue weighted by molar-refractivity contribution is 6.18. The summed E-state index contributed by atoms with van der Waals surface area (Å²) in [4.78, 5) is 7.97. The summed E-state index contributed by atoms with van der Waals surface area (Å²) in [6.45, 7) is 0. The van der Waals surface area contributed by atoms with Gasteiger partial charge in [0.05, 0.1) is 5.71 Å². The van der Waals surface area contributed by atoms with Crippen molar-refractivity contribution in [2.24, 2.45) is 21.5 Å². The fourth-order valence-electron chi connectivity index (χ4n) is 1.12. The van der Waals surface area contributed by atoms with Gasteiger partial charge in [0.1, 0.15) is 5.70 Å². The third-order valence-corrected chi connectivity index (χ3v) is 1.62. The first-order valence-corrected chi connectivity index (χ1v) is 3.36. The molecule has 0 aromatic rings. The molecule has 0 atom stereocenters. The smallest absolute Gasteiger partial charge is 0.221 e. The van der Waals surface area contributed by atoms with Gasteiger partial charge in [0, 0.05) is 12.1 Å². The van der Waals surface area contributed by atoms with Crippen LogP contribution in [0.4, 0.5) is 0 Å². The van der Waals surface area contributed by atoms with E-state index in [0.29, 0.717) is 5.96 Å². The van der Waals surface area contributed by atoms with Gasteiger partial charge in [-0.25, -0.2) is 9.98 Å². The molecule has 1 heterocycles. The average Bonchev–Trinajstić information content (AvgIpc) is 2.31. The molecule has 1 aliphatic carbocycles. The normalized spacial score (nSPS) is 21.5. The Morgan fingerprint density at radius 1 is 1.27 bits per heavy atom. The van der Waals surface area contributed by atoms with Crippen LogP contribution in [0.25, 0.3) is 0 Å². The second-order valence-electron chi connectivity index (χ2n) is 2.45. The van der Waals surface area contributed by atoms with Crippen molar-refractivity contribution in [1.29, 1.82) is 0 Å². The molecule has 56 valence electrons. The van der Waals surface area contributed by atoms with Gasteiger partial charge in [-0.3, -0.25) is 0 Å². The number of guanidine groups is 1. The van der Waals surface area contributed by atoms with Crippen molar-refractivity contribution in [3.8, 4) is 0 Å².